The Morgan fingerprint density at radius 1 is 1.24 bits per heavy atom. The number of likely N-dealkylation sites (N-methyl/N-ethyl adjacent to an activating group) is 1. The summed E-state index contributed by atoms with van der Waals surface area (Å²) >= 11 is 0. The summed E-state index contributed by atoms with van der Waals surface area (Å²) in [5.74, 6) is 0. The number of ether oxygens (including phenoxy) is 1. The molecule has 3 heteroatoms. The van der Waals surface area contributed by atoms with Crippen LogP contribution in [0.1, 0.15) is 31.9 Å². The van der Waals surface area contributed by atoms with E-state index in [2.05, 4.69) is 4.90 Å². The maximum absolute atomic E-state index is 9.70. The highest BCUT2D eigenvalue weighted by atomic mass is 16.5. The lowest BCUT2D eigenvalue weighted by molar-refractivity contribution is 0.154. The number of anilines is 1. The molecule has 0 saturated heterocycles. The van der Waals surface area contributed by atoms with Crippen molar-refractivity contribution in [3.05, 3.63) is 29.8 Å². The van der Waals surface area contributed by atoms with E-state index in [1.54, 1.807) is 0 Å². The molecule has 0 aliphatic rings. The molecule has 96 valence electrons. The normalized spacial score (nSPS) is 12.5. The van der Waals surface area contributed by atoms with E-state index in [1.165, 1.54) is 0 Å². The molecule has 0 bridgehead atoms. The summed E-state index contributed by atoms with van der Waals surface area (Å²) in [6.07, 6.45) is 0.400. The topological polar surface area (TPSA) is 32.7 Å². The van der Waals surface area contributed by atoms with Crippen LogP contribution in [0, 0.1) is 0 Å². The van der Waals surface area contributed by atoms with Gasteiger partial charge in [-0.2, -0.15) is 0 Å². The Labute approximate surface area is 104 Å². The summed E-state index contributed by atoms with van der Waals surface area (Å²) in [6, 6.07) is 8.06. The van der Waals surface area contributed by atoms with Crippen LogP contribution in [0.2, 0.25) is 0 Å². The van der Waals surface area contributed by atoms with Crippen LogP contribution in [-0.2, 0) is 4.74 Å². The first-order valence-electron chi connectivity index (χ1n) is 6.26. The summed E-state index contributed by atoms with van der Waals surface area (Å²) in [5, 5.41) is 9.70. The lowest BCUT2D eigenvalue weighted by atomic mass is 10.1. The van der Waals surface area contributed by atoms with Crippen molar-refractivity contribution in [3.63, 3.8) is 0 Å². The van der Waals surface area contributed by atoms with E-state index in [0.29, 0.717) is 0 Å². The highest BCUT2D eigenvalue weighted by Gasteiger charge is 2.05. The molecular formula is C14H23NO2. The van der Waals surface area contributed by atoms with Gasteiger partial charge < -0.3 is 14.7 Å². The van der Waals surface area contributed by atoms with Gasteiger partial charge in [0, 0.05) is 25.9 Å². The van der Waals surface area contributed by atoms with Crippen LogP contribution in [0.4, 0.5) is 5.69 Å². The zero-order valence-corrected chi connectivity index (χ0v) is 11.0. The SMILES string of the molecule is CCOCCN(C)c1ccc([C@@H](O)CC)cc1. The second-order valence-corrected chi connectivity index (χ2v) is 4.13. The maximum atomic E-state index is 9.70. The van der Waals surface area contributed by atoms with Gasteiger partial charge in [-0.25, -0.2) is 0 Å². The van der Waals surface area contributed by atoms with Crippen molar-refractivity contribution in [2.45, 2.75) is 26.4 Å². The first-order chi connectivity index (χ1) is 8.19. The van der Waals surface area contributed by atoms with Crippen molar-refractivity contribution >= 4 is 5.69 Å². The first kappa shape index (κ1) is 14.0. The molecule has 0 fully saturated rings. The Bertz CT molecular complexity index is 311. The van der Waals surface area contributed by atoms with Crippen molar-refractivity contribution in [1.82, 2.24) is 0 Å². The minimum absolute atomic E-state index is 0.349. The van der Waals surface area contributed by atoms with Gasteiger partial charge in [0.25, 0.3) is 0 Å². The van der Waals surface area contributed by atoms with Crippen LogP contribution >= 0.6 is 0 Å². The van der Waals surface area contributed by atoms with Crippen molar-refractivity contribution in [2.24, 2.45) is 0 Å². The van der Waals surface area contributed by atoms with E-state index in [0.717, 1.165) is 37.4 Å². The molecule has 0 radical (unpaired) electrons. The number of nitrogens with zero attached hydrogens (tertiary/aromatic N) is 1. The lowest BCUT2D eigenvalue weighted by Crippen LogP contribution is -2.22. The second kappa shape index (κ2) is 7.30. The fraction of sp³-hybridized carbons (Fsp3) is 0.571. The predicted molar refractivity (Wildman–Crippen MR) is 71.5 cm³/mol. The fourth-order valence-electron chi connectivity index (χ4n) is 1.66. The van der Waals surface area contributed by atoms with Gasteiger partial charge in [0.1, 0.15) is 0 Å². The maximum Gasteiger partial charge on any atom is 0.0787 e. The molecule has 0 aliphatic carbocycles. The van der Waals surface area contributed by atoms with Crippen molar-refractivity contribution in [3.8, 4) is 0 Å². The van der Waals surface area contributed by atoms with Gasteiger partial charge >= 0.3 is 0 Å². The van der Waals surface area contributed by atoms with Gasteiger partial charge in [-0.3, -0.25) is 0 Å². The summed E-state index contributed by atoms with van der Waals surface area (Å²) in [7, 11) is 2.05. The molecular weight excluding hydrogens is 214 g/mol. The minimum atomic E-state index is -0.349. The molecule has 0 aromatic heterocycles. The third-order valence-electron chi connectivity index (χ3n) is 2.88. The molecule has 0 aliphatic heterocycles. The molecule has 1 N–H and O–H groups in total. The van der Waals surface area contributed by atoms with Crippen LogP contribution < -0.4 is 4.90 Å². The number of hydrogen-bond donors (Lipinski definition) is 1. The molecule has 1 aromatic carbocycles. The monoisotopic (exact) mass is 237 g/mol. The second-order valence-electron chi connectivity index (χ2n) is 4.13. The van der Waals surface area contributed by atoms with E-state index >= 15 is 0 Å². The quantitative estimate of drug-likeness (QED) is 0.740. The van der Waals surface area contributed by atoms with Gasteiger partial charge in [0.15, 0.2) is 0 Å². The van der Waals surface area contributed by atoms with E-state index in [9.17, 15) is 5.11 Å². The van der Waals surface area contributed by atoms with Gasteiger partial charge in [-0.1, -0.05) is 19.1 Å². The Balaban J connectivity index is 2.54. The van der Waals surface area contributed by atoms with Gasteiger partial charge in [0.05, 0.1) is 12.7 Å². The minimum Gasteiger partial charge on any atom is -0.388 e. The Hall–Kier alpha value is -1.06. The zero-order valence-electron chi connectivity index (χ0n) is 11.0. The molecule has 0 spiro atoms. The van der Waals surface area contributed by atoms with Gasteiger partial charge in [-0.15, -0.1) is 0 Å². The molecule has 0 heterocycles. The molecule has 0 amide bonds. The van der Waals surface area contributed by atoms with Crippen LogP contribution in [0.5, 0.6) is 0 Å². The number of rotatable bonds is 7. The third kappa shape index (κ3) is 4.36. The van der Waals surface area contributed by atoms with E-state index in [1.807, 2.05) is 45.2 Å². The third-order valence-corrected chi connectivity index (χ3v) is 2.88. The summed E-state index contributed by atoms with van der Waals surface area (Å²) < 4.78 is 5.32. The van der Waals surface area contributed by atoms with Gasteiger partial charge in [-0.05, 0) is 31.0 Å². The van der Waals surface area contributed by atoms with Crippen LogP contribution in [0.25, 0.3) is 0 Å². The zero-order chi connectivity index (χ0) is 12.7. The average molecular weight is 237 g/mol. The molecule has 1 aromatic rings. The smallest absolute Gasteiger partial charge is 0.0787 e. The highest BCUT2D eigenvalue weighted by molar-refractivity contribution is 5.47. The van der Waals surface area contributed by atoms with Crippen LogP contribution in [0.15, 0.2) is 24.3 Å². The Morgan fingerprint density at radius 2 is 1.88 bits per heavy atom. The predicted octanol–water partition coefficient (Wildman–Crippen LogP) is 2.60. The molecule has 3 nitrogen and oxygen atoms in total. The van der Waals surface area contributed by atoms with Crippen LogP contribution in [0.3, 0.4) is 0 Å². The number of hydrogen-bond acceptors (Lipinski definition) is 3. The summed E-state index contributed by atoms with van der Waals surface area (Å²) in [6.45, 7) is 6.36. The summed E-state index contributed by atoms with van der Waals surface area (Å²) in [4.78, 5) is 2.15. The Kier molecular flexibility index (Phi) is 6.01. The lowest BCUT2D eigenvalue weighted by Gasteiger charge is -2.20. The van der Waals surface area contributed by atoms with Crippen molar-refractivity contribution in [2.75, 3.05) is 31.7 Å². The first-order valence-corrected chi connectivity index (χ1v) is 6.26. The highest BCUT2D eigenvalue weighted by Crippen LogP contribution is 2.20. The molecule has 0 saturated carbocycles. The average Bonchev–Trinajstić information content (AvgIpc) is 2.38. The fourth-order valence-corrected chi connectivity index (χ4v) is 1.66. The van der Waals surface area contributed by atoms with E-state index in [4.69, 9.17) is 4.74 Å². The van der Waals surface area contributed by atoms with Gasteiger partial charge in [0.2, 0.25) is 0 Å². The van der Waals surface area contributed by atoms with E-state index < -0.39 is 0 Å². The Morgan fingerprint density at radius 3 is 2.41 bits per heavy atom. The van der Waals surface area contributed by atoms with Crippen LogP contribution in [-0.4, -0.2) is 31.9 Å². The van der Waals surface area contributed by atoms with E-state index in [-0.39, 0.29) is 6.10 Å². The number of aliphatic hydroxyl groups excluding tert-OH is 1. The molecule has 17 heavy (non-hydrogen) atoms. The number of benzene rings is 1. The number of aliphatic hydroxyl groups is 1. The molecule has 1 atom stereocenters. The molecule has 0 unspecified atom stereocenters. The standard InChI is InChI=1S/C14H23NO2/c1-4-14(16)12-6-8-13(9-7-12)15(3)10-11-17-5-2/h6-9,14,16H,4-5,10-11H2,1-3H3/t14-/m0/s1. The molecule has 1 rings (SSSR count). The summed E-state index contributed by atoms with van der Waals surface area (Å²) in [5.41, 5.74) is 2.13. The van der Waals surface area contributed by atoms with Crippen molar-refractivity contribution < 1.29 is 9.84 Å². The largest absolute Gasteiger partial charge is 0.388 e. The van der Waals surface area contributed by atoms with Crippen molar-refractivity contribution in [1.29, 1.82) is 0 Å².